The SMILES string of the molecule is CC(=O)Cc1ccnc(C)c1. The summed E-state index contributed by atoms with van der Waals surface area (Å²) in [7, 11) is 0. The molecule has 0 saturated heterocycles. The zero-order valence-corrected chi connectivity index (χ0v) is 6.79. The molecule has 0 aliphatic carbocycles. The first-order valence-electron chi connectivity index (χ1n) is 3.59. The molecule has 0 atom stereocenters. The van der Waals surface area contributed by atoms with E-state index >= 15 is 0 Å². The molecule has 2 nitrogen and oxygen atoms in total. The molecule has 0 bridgehead atoms. The van der Waals surface area contributed by atoms with Crippen molar-refractivity contribution in [3.05, 3.63) is 29.6 Å². The van der Waals surface area contributed by atoms with Crippen LogP contribution in [0.3, 0.4) is 0 Å². The molecule has 0 aliphatic heterocycles. The van der Waals surface area contributed by atoms with Crippen molar-refractivity contribution in [3.63, 3.8) is 0 Å². The van der Waals surface area contributed by atoms with Gasteiger partial charge in [-0.15, -0.1) is 0 Å². The fourth-order valence-electron chi connectivity index (χ4n) is 1.00. The van der Waals surface area contributed by atoms with Crippen molar-refractivity contribution >= 4 is 5.78 Å². The average molecular weight is 149 g/mol. The highest BCUT2D eigenvalue weighted by atomic mass is 16.1. The molecule has 1 rings (SSSR count). The van der Waals surface area contributed by atoms with Crippen LogP contribution in [0.4, 0.5) is 0 Å². The molecule has 0 saturated carbocycles. The summed E-state index contributed by atoms with van der Waals surface area (Å²) < 4.78 is 0. The Morgan fingerprint density at radius 1 is 1.64 bits per heavy atom. The summed E-state index contributed by atoms with van der Waals surface area (Å²) in [5, 5.41) is 0. The van der Waals surface area contributed by atoms with Crippen molar-refractivity contribution in [2.24, 2.45) is 0 Å². The number of aromatic nitrogens is 1. The normalized spacial score (nSPS) is 9.64. The molecule has 1 aromatic rings. The van der Waals surface area contributed by atoms with Gasteiger partial charge in [0.05, 0.1) is 0 Å². The maximum absolute atomic E-state index is 10.7. The number of carbonyl (C=O) groups excluding carboxylic acids is 1. The Morgan fingerprint density at radius 2 is 2.36 bits per heavy atom. The molecule has 1 aromatic heterocycles. The van der Waals surface area contributed by atoms with Crippen molar-refractivity contribution in [3.8, 4) is 0 Å². The molecule has 0 N–H and O–H groups in total. The lowest BCUT2D eigenvalue weighted by molar-refractivity contribution is -0.116. The van der Waals surface area contributed by atoms with E-state index in [0.717, 1.165) is 11.3 Å². The smallest absolute Gasteiger partial charge is 0.134 e. The van der Waals surface area contributed by atoms with Crippen LogP contribution in [0.25, 0.3) is 0 Å². The highest BCUT2D eigenvalue weighted by Crippen LogP contribution is 2.01. The average Bonchev–Trinajstić information content (AvgIpc) is 1.85. The van der Waals surface area contributed by atoms with E-state index in [-0.39, 0.29) is 5.78 Å². The first-order valence-corrected chi connectivity index (χ1v) is 3.59. The fraction of sp³-hybridized carbons (Fsp3) is 0.333. The number of ketones is 1. The van der Waals surface area contributed by atoms with Crippen LogP contribution in [0.15, 0.2) is 18.3 Å². The van der Waals surface area contributed by atoms with Gasteiger partial charge in [-0.25, -0.2) is 0 Å². The van der Waals surface area contributed by atoms with Crippen molar-refractivity contribution in [1.29, 1.82) is 0 Å². The summed E-state index contributed by atoms with van der Waals surface area (Å²) in [6, 6.07) is 3.80. The second-order valence-electron chi connectivity index (χ2n) is 2.68. The van der Waals surface area contributed by atoms with E-state index in [4.69, 9.17) is 0 Å². The number of Topliss-reactive ketones (excluding diaryl/α,β-unsaturated/α-hetero) is 1. The third-order valence-corrected chi connectivity index (χ3v) is 1.41. The van der Waals surface area contributed by atoms with Gasteiger partial charge in [0.1, 0.15) is 5.78 Å². The standard InChI is InChI=1S/C9H11NO/c1-7-5-9(3-4-10-7)6-8(2)11/h3-5H,6H2,1-2H3. The second-order valence-corrected chi connectivity index (χ2v) is 2.68. The first-order chi connectivity index (χ1) is 5.18. The molecule has 0 amide bonds. The first kappa shape index (κ1) is 7.92. The molecule has 1 heterocycles. The Hall–Kier alpha value is -1.18. The predicted molar refractivity (Wildman–Crippen MR) is 43.4 cm³/mol. The van der Waals surface area contributed by atoms with E-state index in [2.05, 4.69) is 4.98 Å². The van der Waals surface area contributed by atoms with Gasteiger partial charge in [0.15, 0.2) is 0 Å². The minimum atomic E-state index is 0.190. The molecule has 0 fully saturated rings. The third-order valence-electron chi connectivity index (χ3n) is 1.41. The Kier molecular flexibility index (Phi) is 2.36. The zero-order chi connectivity index (χ0) is 8.27. The van der Waals surface area contributed by atoms with Crippen LogP contribution in [-0.2, 0) is 11.2 Å². The number of hydrogen-bond donors (Lipinski definition) is 0. The number of nitrogens with zero attached hydrogens (tertiary/aromatic N) is 1. The van der Waals surface area contributed by atoms with E-state index in [1.165, 1.54) is 0 Å². The summed E-state index contributed by atoms with van der Waals surface area (Å²) in [6.07, 6.45) is 2.25. The molecule has 2 heteroatoms. The molecule has 11 heavy (non-hydrogen) atoms. The van der Waals surface area contributed by atoms with E-state index in [1.807, 2.05) is 19.1 Å². The molecule has 0 unspecified atom stereocenters. The Bertz CT molecular complexity index is 268. The summed E-state index contributed by atoms with van der Waals surface area (Å²) in [5.41, 5.74) is 2.01. The number of rotatable bonds is 2. The maximum atomic E-state index is 10.7. The number of pyridine rings is 1. The predicted octanol–water partition coefficient (Wildman–Crippen LogP) is 1.52. The van der Waals surface area contributed by atoms with Gasteiger partial charge >= 0.3 is 0 Å². The van der Waals surface area contributed by atoms with Crippen LogP contribution in [0.5, 0.6) is 0 Å². The quantitative estimate of drug-likeness (QED) is 0.638. The van der Waals surface area contributed by atoms with Crippen LogP contribution >= 0.6 is 0 Å². The zero-order valence-electron chi connectivity index (χ0n) is 6.79. The molecular weight excluding hydrogens is 138 g/mol. The summed E-state index contributed by atoms with van der Waals surface area (Å²) in [5.74, 6) is 0.190. The minimum Gasteiger partial charge on any atom is -0.300 e. The van der Waals surface area contributed by atoms with Gasteiger partial charge in [0.25, 0.3) is 0 Å². The number of aryl methyl sites for hydroxylation is 1. The van der Waals surface area contributed by atoms with Crippen LogP contribution in [-0.4, -0.2) is 10.8 Å². The van der Waals surface area contributed by atoms with Gasteiger partial charge in [-0.3, -0.25) is 9.78 Å². The summed E-state index contributed by atoms with van der Waals surface area (Å²) in [6.45, 7) is 3.51. The molecule has 58 valence electrons. The van der Waals surface area contributed by atoms with Crippen LogP contribution in [0.2, 0.25) is 0 Å². The van der Waals surface area contributed by atoms with Crippen molar-refractivity contribution in [2.75, 3.05) is 0 Å². The third kappa shape index (κ3) is 2.50. The van der Waals surface area contributed by atoms with E-state index < -0.39 is 0 Å². The number of hydrogen-bond acceptors (Lipinski definition) is 2. The fourth-order valence-corrected chi connectivity index (χ4v) is 1.00. The van der Waals surface area contributed by atoms with E-state index in [9.17, 15) is 4.79 Å². The Balaban J connectivity index is 2.79. The molecular formula is C9H11NO. The van der Waals surface area contributed by atoms with Gasteiger partial charge < -0.3 is 0 Å². The van der Waals surface area contributed by atoms with Gasteiger partial charge in [0, 0.05) is 18.3 Å². The van der Waals surface area contributed by atoms with Gasteiger partial charge in [-0.1, -0.05) is 0 Å². The van der Waals surface area contributed by atoms with Gasteiger partial charge in [-0.05, 0) is 31.5 Å². The second kappa shape index (κ2) is 3.28. The highest BCUT2D eigenvalue weighted by Gasteiger charge is 1.96. The molecule has 0 spiro atoms. The van der Waals surface area contributed by atoms with Crippen molar-refractivity contribution < 1.29 is 4.79 Å². The Labute approximate surface area is 66.3 Å². The van der Waals surface area contributed by atoms with Crippen LogP contribution < -0.4 is 0 Å². The lowest BCUT2D eigenvalue weighted by atomic mass is 10.1. The molecule has 0 radical (unpaired) electrons. The number of carbonyl (C=O) groups is 1. The van der Waals surface area contributed by atoms with Gasteiger partial charge in [0.2, 0.25) is 0 Å². The van der Waals surface area contributed by atoms with Crippen LogP contribution in [0, 0.1) is 6.92 Å². The summed E-state index contributed by atoms with van der Waals surface area (Å²) in [4.78, 5) is 14.7. The Morgan fingerprint density at radius 3 is 2.91 bits per heavy atom. The van der Waals surface area contributed by atoms with E-state index in [1.54, 1.807) is 13.1 Å². The topological polar surface area (TPSA) is 30.0 Å². The van der Waals surface area contributed by atoms with Crippen LogP contribution in [0.1, 0.15) is 18.2 Å². The van der Waals surface area contributed by atoms with E-state index in [0.29, 0.717) is 6.42 Å². The van der Waals surface area contributed by atoms with Crippen molar-refractivity contribution in [1.82, 2.24) is 4.98 Å². The largest absolute Gasteiger partial charge is 0.300 e. The van der Waals surface area contributed by atoms with Gasteiger partial charge in [-0.2, -0.15) is 0 Å². The molecule has 0 aliphatic rings. The monoisotopic (exact) mass is 149 g/mol. The highest BCUT2D eigenvalue weighted by molar-refractivity contribution is 5.78. The maximum Gasteiger partial charge on any atom is 0.134 e. The minimum absolute atomic E-state index is 0.190. The lowest BCUT2D eigenvalue weighted by Gasteiger charge is -1.97. The molecule has 0 aromatic carbocycles. The van der Waals surface area contributed by atoms with Crippen molar-refractivity contribution in [2.45, 2.75) is 20.3 Å². The lowest BCUT2D eigenvalue weighted by Crippen LogP contribution is -1.96. The summed E-state index contributed by atoms with van der Waals surface area (Å²) >= 11 is 0.